The number of benzene rings is 2. The molecule has 140 valence electrons. The molecule has 1 aliphatic rings. The first-order valence-electron chi connectivity index (χ1n) is 9.81. The molecule has 4 heteroatoms. The zero-order valence-corrected chi connectivity index (χ0v) is 15.9. The van der Waals surface area contributed by atoms with Crippen LogP contribution in [0.1, 0.15) is 30.4 Å². The van der Waals surface area contributed by atoms with E-state index in [1.165, 1.54) is 35.8 Å². The zero-order valence-electron chi connectivity index (χ0n) is 15.9. The molecule has 2 heterocycles. The SMILES string of the molecule is COc1ccc(CNCc2cc3ccccc3nc2N2CCCCC2)cc1. The van der Waals surface area contributed by atoms with Crippen molar-refractivity contribution >= 4 is 16.7 Å². The van der Waals surface area contributed by atoms with Crippen molar-refractivity contribution < 1.29 is 4.74 Å². The molecule has 0 aliphatic carbocycles. The normalized spacial score (nSPS) is 14.5. The highest BCUT2D eigenvalue weighted by molar-refractivity contribution is 5.81. The number of ether oxygens (including phenoxy) is 1. The van der Waals surface area contributed by atoms with E-state index in [0.717, 1.165) is 43.3 Å². The fourth-order valence-corrected chi connectivity index (χ4v) is 3.74. The summed E-state index contributed by atoms with van der Waals surface area (Å²) >= 11 is 0. The highest BCUT2D eigenvalue weighted by Crippen LogP contribution is 2.26. The number of para-hydroxylation sites is 1. The van der Waals surface area contributed by atoms with Gasteiger partial charge < -0.3 is 15.0 Å². The molecule has 4 rings (SSSR count). The van der Waals surface area contributed by atoms with Crippen LogP contribution in [0.25, 0.3) is 10.9 Å². The molecular weight excluding hydrogens is 334 g/mol. The number of nitrogens with zero attached hydrogens (tertiary/aromatic N) is 2. The molecule has 0 spiro atoms. The quantitative estimate of drug-likeness (QED) is 0.700. The average molecular weight is 361 g/mol. The van der Waals surface area contributed by atoms with Crippen molar-refractivity contribution in [2.75, 3.05) is 25.1 Å². The Morgan fingerprint density at radius 2 is 1.74 bits per heavy atom. The van der Waals surface area contributed by atoms with Crippen molar-refractivity contribution in [3.05, 3.63) is 65.7 Å². The van der Waals surface area contributed by atoms with E-state index in [-0.39, 0.29) is 0 Å². The monoisotopic (exact) mass is 361 g/mol. The van der Waals surface area contributed by atoms with Crippen LogP contribution in [0.5, 0.6) is 5.75 Å². The summed E-state index contributed by atoms with van der Waals surface area (Å²) in [7, 11) is 1.70. The average Bonchev–Trinajstić information content (AvgIpc) is 2.74. The van der Waals surface area contributed by atoms with Gasteiger partial charge in [0.2, 0.25) is 0 Å². The van der Waals surface area contributed by atoms with Gasteiger partial charge in [0.25, 0.3) is 0 Å². The van der Waals surface area contributed by atoms with E-state index in [4.69, 9.17) is 9.72 Å². The second-order valence-electron chi connectivity index (χ2n) is 7.16. The molecule has 1 fully saturated rings. The topological polar surface area (TPSA) is 37.4 Å². The summed E-state index contributed by atoms with van der Waals surface area (Å²) in [6.07, 6.45) is 3.84. The van der Waals surface area contributed by atoms with Crippen LogP contribution in [-0.2, 0) is 13.1 Å². The van der Waals surface area contributed by atoms with Gasteiger partial charge in [0.15, 0.2) is 0 Å². The van der Waals surface area contributed by atoms with Gasteiger partial charge in [-0.2, -0.15) is 0 Å². The fourth-order valence-electron chi connectivity index (χ4n) is 3.74. The lowest BCUT2D eigenvalue weighted by Crippen LogP contribution is -2.31. The first kappa shape index (κ1) is 17.8. The predicted octanol–water partition coefficient (Wildman–Crippen LogP) is 4.52. The highest BCUT2D eigenvalue weighted by atomic mass is 16.5. The van der Waals surface area contributed by atoms with Crippen LogP contribution in [0, 0.1) is 0 Å². The molecular formula is C23H27N3O. The molecule has 0 amide bonds. The number of rotatable bonds is 6. The number of anilines is 1. The van der Waals surface area contributed by atoms with Gasteiger partial charge in [-0.1, -0.05) is 30.3 Å². The summed E-state index contributed by atoms with van der Waals surface area (Å²) in [6, 6.07) is 18.9. The molecule has 1 aliphatic heterocycles. The summed E-state index contributed by atoms with van der Waals surface area (Å²) in [5.74, 6) is 2.04. The number of aromatic nitrogens is 1. The van der Waals surface area contributed by atoms with Crippen LogP contribution in [0.15, 0.2) is 54.6 Å². The third kappa shape index (κ3) is 4.22. The van der Waals surface area contributed by atoms with E-state index >= 15 is 0 Å². The third-order valence-corrected chi connectivity index (χ3v) is 5.24. The smallest absolute Gasteiger partial charge is 0.133 e. The molecule has 0 saturated carbocycles. The van der Waals surface area contributed by atoms with Crippen molar-refractivity contribution in [3.8, 4) is 5.75 Å². The van der Waals surface area contributed by atoms with E-state index in [1.54, 1.807) is 7.11 Å². The molecule has 0 atom stereocenters. The van der Waals surface area contributed by atoms with Gasteiger partial charge in [0.05, 0.1) is 12.6 Å². The Morgan fingerprint density at radius 1 is 0.963 bits per heavy atom. The number of fused-ring (bicyclic) bond motifs is 1. The number of hydrogen-bond donors (Lipinski definition) is 1. The van der Waals surface area contributed by atoms with Crippen LogP contribution in [0.4, 0.5) is 5.82 Å². The first-order valence-corrected chi connectivity index (χ1v) is 9.81. The van der Waals surface area contributed by atoms with Crippen LogP contribution < -0.4 is 15.0 Å². The lowest BCUT2D eigenvalue weighted by Gasteiger charge is -2.30. The van der Waals surface area contributed by atoms with Gasteiger partial charge in [0.1, 0.15) is 11.6 Å². The number of pyridine rings is 1. The first-order chi connectivity index (χ1) is 13.3. The highest BCUT2D eigenvalue weighted by Gasteiger charge is 2.16. The summed E-state index contributed by atoms with van der Waals surface area (Å²) in [4.78, 5) is 7.48. The van der Waals surface area contributed by atoms with E-state index < -0.39 is 0 Å². The Kier molecular flexibility index (Phi) is 5.54. The van der Waals surface area contributed by atoms with Crippen LogP contribution in [-0.4, -0.2) is 25.2 Å². The number of methoxy groups -OCH3 is 1. The van der Waals surface area contributed by atoms with Gasteiger partial charge in [0, 0.05) is 37.1 Å². The van der Waals surface area contributed by atoms with Crippen molar-refractivity contribution in [2.24, 2.45) is 0 Å². The summed E-state index contributed by atoms with van der Waals surface area (Å²) in [5, 5.41) is 4.80. The van der Waals surface area contributed by atoms with E-state index in [0.29, 0.717) is 0 Å². The van der Waals surface area contributed by atoms with Gasteiger partial charge in [-0.25, -0.2) is 4.98 Å². The van der Waals surface area contributed by atoms with Crippen molar-refractivity contribution in [3.63, 3.8) is 0 Å². The second kappa shape index (κ2) is 8.40. The summed E-state index contributed by atoms with van der Waals surface area (Å²) in [6.45, 7) is 3.86. The van der Waals surface area contributed by atoms with Crippen LogP contribution >= 0.6 is 0 Å². The maximum absolute atomic E-state index is 5.23. The van der Waals surface area contributed by atoms with E-state index in [1.807, 2.05) is 12.1 Å². The predicted molar refractivity (Wildman–Crippen MR) is 111 cm³/mol. The maximum Gasteiger partial charge on any atom is 0.133 e. The van der Waals surface area contributed by atoms with Crippen molar-refractivity contribution in [1.29, 1.82) is 0 Å². The minimum absolute atomic E-state index is 0.815. The van der Waals surface area contributed by atoms with Gasteiger partial charge >= 0.3 is 0 Å². The van der Waals surface area contributed by atoms with E-state index in [2.05, 4.69) is 52.7 Å². The zero-order chi connectivity index (χ0) is 18.5. The van der Waals surface area contributed by atoms with Gasteiger partial charge in [-0.15, -0.1) is 0 Å². The Balaban J connectivity index is 1.53. The van der Waals surface area contributed by atoms with Gasteiger partial charge in [-0.05, 0) is 49.1 Å². The molecule has 0 unspecified atom stereocenters. The molecule has 1 aromatic heterocycles. The molecule has 3 aromatic rings. The molecule has 1 saturated heterocycles. The van der Waals surface area contributed by atoms with Gasteiger partial charge in [-0.3, -0.25) is 0 Å². The van der Waals surface area contributed by atoms with Crippen LogP contribution in [0.3, 0.4) is 0 Å². The minimum atomic E-state index is 0.815. The number of piperidine rings is 1. The molecule has 1 N–H and O–H groups in total. The Morgan fingerprint density at radius 3 is 2.52 bits per heavy atom. The molecule has 0 bridgehead atoms. The van der Waals surface area contributed by atoms with Crippen LogP contribution in [0.2, 0.25) is 0 Å². The van der Waals surface area contributed by atoms with E-state index in [9.17, 15) is 0 Å². The fraction of sp³-hybridized carbons (Fsp3) is 0.348. The minimum Gasteiger partial charge on any atom is -0.497 e. The summed E-state index contributed by atoms with van der Waals surface area (Å²) < 4.78 is 5.23. The Labute approximate surface area is 161 Å². The third-order valence-electron chi connectivity index (χ3n) is 5.24. The number of hydrogen-bond acceptors (Lipinski definition) is 4. The Bertz CT molecular complexity index is 886. The standard InChI is InChI=1S/C23H27N3O/c1-27-21-11-9-18(10-12-21)16-24-17-20-15-19-7-3-4-8-22(19)25-23(20)26-13-5-2-6-14-26/h3-4,7-12,15,24H,2,5-6,13-14,16-17H2,1H3. The number of nitrogens with one attached hydrogen (secondary N) is 1. The lowest BCUT2D eigenvalue weighted by atomic mass is 10.1. The molecule has 2 aromatic carbocycles. The van der Waals surface area contributed by atoms with Crippen molar-refractivity contribution in [1.82, 2.24) is 10.3 Å². The van der Waals surface area contributed by atoms with Crippen molar-refractivity contribution in [2.45, 2.75) is 32.4 Å². The molecule has 4 nitrogen and oxygen atoms in total. The molecule has 0 radical (unpaired) electrons. The second-order valence-corrected chi connectivity index (χ2v) is 7.16. The largest absolute Gasteiger partial charge is 0.497 e. The lowest BCUT2D eigenvalue weighted by molar-refractivity contribution is 0.414. The molecule has 27 heavy (non-hydrogen) atoms. The Hall–Kier alpha value is -2.59. The summed E-state index contributed by atoms with van der Waals surface area (Å²) in [5.41, 5.74) is 3.62. The maximum atomic E-state index is 5.23.